The topological polar surface area (TPSA) is 20.2 Å². The number of phenolic OH excluding ortho intramolecular Hbond substituents is 1. The zero-order valence-electron chi connectivity index (χ0n) is 11.0. The van der Waals surface area contributed by atoms with E-state index in [1.54, 1.807) is 12.1 Å². The van der Waals surface area contributed by atoms with Crippen LogP contribution in [0.1, 0.15) is 46.1 Å². The highest BCUT2D eigenvalue weighted by atomic mass is 16.3. The highest BCUT2D eigenvalue weighted by Gasteiger charge is 2.29. The molecular weight excluding hydrogens is 196 g/mol. The molecule has 1 aromatic carbocycles. The molecule has 0 atom stereocenters. The summed E-state index contributed by atoms with van der Waals surface area (Å²) in [6, 6.07) is 7.65. The second kappa shape index (κ2) is 5.38. The van der Waals surface area contributed by atoms with Gasteiger partial charge in [0.05, 0.1) is 0 Å². The SMILES string of the molecule is CCC(CC)(Cc1ccc(O)cc1)C(C)C. The third-order valence-electron chi connectivity index (χ3n) is 4.13. The predicted octanol–water partition coefficient (Wildman–Crippen LogP) is 4.40. The number of aromatic hydroxyl groups is 1. The molecule has 0 radical (unpaired) electrons. The quantitative estimate of drug-likeness (QED) is 0.780. The molecule has 0 amide bonds. The van der Waals surface area contributed by atoms with Crippen LogP contribution in [0.2, 0.25) is 0 Å². The molecule has 0 aliphatic carbocycles. The first-order valence-electron chi connectivity index (χ1n) is 6.32. The Kier molecular flexibility index (Phi) is 4.40. The standard InChI is InChI=1S/C15H24O/c1-5-15(6-2,12(3)4)11-13-7-9-14(16)10-8-13/h7-10,12,16H,5-6,11H2,1-4H3. The molecule has 1 aromatic rings. The van der Waals surface area contributed by atoms with Crippen molar-refractivity contribution in [3.8, 4) is 5.75 Å². The minimum absolute atomic E-state index is 0.354. The van der Waals surface area contributed by atoms with Gasteiger partial charge in [0.25, 0.3) is 0 Å². The number of hydrogen-bond donors (Lipinski definition) is 1. The summed E-state index contributed by atoms with van der Waals surface area (Å²) in [7, 11) is 0. The van der Waals surface area contributed by atoms with Gasteiger partial charge in [-0.15, -0.1) is 0 Å². The lowest BCUT2D eigenvalue weighted by atomic mass is 9.69. The van der Waals surface area contributed by atoms with E-state index in [9.17, 15) is 5.11 Å². The van der Waals surface area contributed by atoms with Crippen molar-refractivity contribution in [2.75, 3.05) is 0 Å². The maximum absolute atomic E-state index is 9.28. The summed E-state index contributed by atoms with van der Waals surface area (Å²) in [5.41, 5.74) is 1.73. The summed E-state index contributed by atoms with van der Waals surface area (Å²) in [4.78, 5) is 0. The Morgan fingerprint density at radius 1 is 1.06 bits per heavy atom. The molecule has 0 aromatic heterocycles. The molecule has 1 N–H and O–H groups in total. The molecule has 0 fully saturated rings. The van der Waals surface area contributed by atoms with Crippen LogP contribution in [0.4, 0.5) is 0 Å². The van der Waals surface area contributed by atoms with Crippen molar-refractivity contribution in [1.29, 1.82) is 0 Å². The fourth-order valence-corrected chi connectivity index (χ4v) is 2.54. The first-order chi connectivity index (χ1) is 7.54. The maximum Gasteiger partial charge on any atom is 0.115 e. The first kappa shape index (κ1) is 13.1. The van der Waals surface area contributed by atoms with Crippen LogP contribution in [0.25, 0.3) is 0 Å². The second-order valence-electron chi connectivity index (χ2n) is 5.07. The summed E-state index contributed by atoms with van der Waals surface area (Å²) in [5.74, 6) is 1.04. The third-order valence-corrected chi connectivity index (χ3v) is 4.13. The van der Waals surface area contributed by atoms with Gasteiger partial charge in [0.2, 0.25) is 0 Å². The largest absolute Gasteiger partial charge is 0.508 e. The van der Waals surface area contributed by atoms with Gasteiger partial charge in [0, 0.05) is 0 Å². The Morgan fingerprint density at radius 2 is 1.56 bits per heavy atom. The fraction of sp³-hybridized carbons (Fsp3) is 0.600. The van der Waals surface area contributed by atoms with Gasteiger partial charge in [-0.1, -0.05) is 39.8 Å². The van der Waals surface area contributed by atoms with Crippen molar-refractivity contribution in [2.24, 2.45) is 11.3 Å². The monoisotopic (exact) mass is 220 g/mol. The van der Waals surface area contributed by atoms with Crippen molar-refractivity contribution in [1.82, 2.24) is 0 Å². The molecule has 0 bridgehead atoms. The minimum Gasteiger partial charge on any atom is -0.508 e. The van der Waals surface area contributed by atoms with E-state index in [4.69, 9.17) is 0 Å². The van der Waals surface area contributed by atoms with Crippen molar-refractivity contribution in [3.63, 3.8) is 0 Å². The van der Waals surface area contributed by atoms with Crippen LogP contribution in [-0.2, 0) is 6.42 Å². The molecule has 1 heteroatoms. The van der Waals surface area contributed by atoms with E-state index in [0.717, 1.165) is 6.42 Å². The van der Waals surface area contributed by atoms with Gasteiger partial charge in [-0.25, -0.2) is 0 Å². The molecule has 0 unspecified atom stereocenters. The molecule has 0 saturated carbocycles. The van der Waals surface area contributed by atoms with Gasteiger partial charge in [0.15, 0.2) is 0 Å². The lowest BCUT2D eigenvalue weighted by Crippen LogP contribution is -2.28. The molecule has 0 spiro atoms. The van der Waals surface area contributed by atoms with Crippen LogP contribution in [0, 0.1) is 11.3 Å². The van der Waals surface area contributed by atoms with Crippen molar-refractivity contribution in [3.05, 3.63) is 29.8 Å². The van der Waals surface area contributed by atoms with E-state index in [1.165, 1.54) is 18.4 Å². The van der Waals surface area contributed by atoms with Crippen LogP contribution in [0.3, 0.4) is 0 Å². The Labute approximate surface area is 99.5 Å². The molecule has 1 nitrogen and oxygen atoms in total. The molecule has 1 rings (SSSR count). The van der Waals surface area contributed by atoms with E-state index < -0.39 is 0 Å². The highest BCUT2D eigenvalue weighted by Crippen LogP contribution is 2.38. The lowest BCUT2D eigenvalue weighted by molar-refractivity contribution is 0.169. The summed E-state index contributed by atoms with van der Waals surface area (Å²) < 4.78 is 0. The predicted molar refractivity (Wildman–Crippen MR) is 69.7 cm³/mol. The average molecular weight is 220 g/mol. The molecule has 0 heterocycles. The van der Waals surface area contributed by atoms with Crippen molar-refractivity contribution in [2.45, 2.75) is 47.0 Å². The van der Waals surface area contributed by atoms with Gasteiger partial charge < -0.3 is 5.11 Å². The van der Waals surface area contributed by atoms with Gasteiger partial charge in [-0.3, -0.25) is 0 Å². The smallest absolute Gasteiger partial charge is 0.115 e. The van der Waals surface area contributed by atoms with Crippen LogP contribution in [0.15, 0.2) is 24.3 Å². The molecule has 0 aliphatic heterocycles. The van der Waals surface area contributed by atoms with Gasteiger partial charge in [-0.05, 0) is 48.3 Å². The fourth-order valence-electron chi connectivity index (χ4n) is 2.54. The van der Waals surface area contributed by atoms with Gasteiger partial charge in [0.1, 0.15) is 5.75 Å². The third kappa shape index (κ3) is 2.78. The molecular formula is C15H24O. The van der Waals surface area contributed by atoms with Gasteiger partial charge >= 0.3 is 0 Å². The summed E-state index contributed by atoms with van der Waals surface area (Å²) in [6.07, 6.45) is 3.53. The number of rotatable bonds is 5. The van der Waals surface area contributed by atoms with Gasteiger partial charge in [-0.2, -0.15) is 0 Å². The molecule has 16 heavy (non-hydrogen) atoms. The maximum atomic E-state index is 9.28. The normalized spacial score (nSPS) is 12.1. The van der Waals surface area contributed by atoms with E-state index in [2.05, 4.69) is 27.7 Å². The van der Waals surface area contributed by atoms with E-state index in [1.807, 2.05) is 12.1 Å². The zero-order chi connectivity index (χ0) is 12.2. The average Bonchev–Trinajstić information content (AvgIpc) is 2.28. The van der Waals surface area contributed by atoms with Crippen molar-refractivity contribution >= 4 is 0 Å². The molecule has 0 aliphatic rings. The van der Waals surface area contributed by atoms with E-state index in [-0.39, 0.29) is 0 Å². The van der Waals surface area contributed by atoms with Crippen molar-refractivity contribution < 1.29 is 5.11 Å². The summed E-state index contributed by atoms with van der Waals surface area (Å²) in [5, 5.41) is 9.28. The Hall–Kier alpha value is -0.980. The summed E-state index contributed by atoms with van der Waals surface area (Å²) >= 11 is 0. The molecule has 90 valence electrons. The Balaban J connectivity index is 2.87. The number of phenols is 1. The van der Waals surface area contributed by atoms with E-state index >= 15 is 0 Å². The Bertz CT molecular complexity index is 307. The van der Waals surface area contributed by atoms with Crippen LogP contribution < -0.4 is 0 Å². The van der Waals surface area contributed by atoms with Crippen LogP contribution in [0.5, 0.6) is 5.75 Å². The number of hydrogen-bond acceptors (Lipinski definition) is 1. The minimum atomic E-state index is 0.354. The first-order valence-corrected chi connectivity index (χ1v) is 6.32. The Morgan fingerprint density at radius 3 is 1.94 bits per heavy atom. The van der Waals surface area contributed by atoms with E-state index in [0.29, 0.717) is 17.1 Å². The summed E-state index contributed by atoms with van der Waals surface area (Å²) in [6.45, 7) is 9.19. The zero-order valence-corrected chi connectivity index (χ0v) is 11.0. The lowest BCUT2D eigenvalue weighted by Gasteiger charge is -2.36. The van der Waals surface area contributed by atoms with Crippen LogP contribution in [-0.4, -0.2) is 5.11 Å². The second-order valence-corrected chi connectivity index (χ2v) is 5.07. The number of benzene rings is 1. The van der Waals surface area contributed by atoms with Crippen LogP contribution >= 0.6 is 0 Å². The highest BCUT2D eigenvalue weighted by molar-refractivity contribution is 5.26. The molecule has 0 saturated heterocycles.